The van der Waals surface area contributed by atoms with Crippen LogP contribution in [0.2, 0.25) is 5.02 Å². The van der Waals surface area contributed by atoms with Gasteiger partial charge in [0, 0.05) is 30.5 Å². The van der Waals surface area contributed by atoms with Crippen LogP contribution in [0, 0.1) is 6.92 Å². The second-order valence-corrected chi connectivity index (χ2v) is 6.39. The number of methoxy groups -OCH3 is 1. The van der Waals surface area contributed by atoms with Gasteiger partial charge in [0.15, 0.2) is 0 Å². The third-order valence-electron chi connectivity index (χ3n) is 3.90. The van der Waals surface area contributed by atoms with Crippen LogP contribution in [-0.4, -0.2) is 33.3 Å². The van der Waals surface area contributed by atoms with Gasteiger partial charge >= 0.3 is 6.18 Å². The molecule has 6 nitrogen and oxygen atoms in total. The molecule has 0 radical (unpaired) electrons. The minimum Gasteiger partial charge on any atom is -0.385 e. The fourth-order valence-electron chi connectivity index (χ4n) is 2.64. The van der Waals surface area contributed by atoms with Gasteiger partial charge in [0.1, 0.15) is 5.82 Å². The summed E-state index contributed by atoms with van der Waals surface area (Å²) in [5.41, 5.74) is 1.43. The highest BCUT2D eigenvalue weighted by atomic mass is 35.5. The lowest BCUT2D eigenvalue weighted by atomic mass is 10.0. The summed E-state index contributed by atoms with van der Waals surface area (Å²) >= 11 is 5.94. The van der Waals surface area contributed by atoms with Crippen LogP contribution in [0.4, 0.5) is 19.0 Å². The van der Waals surface area contributed by atoms with Gasteiger partial charge in [-0.05, 0) is 31.0 Å². The van der Waals surface area contributed by atoms with Gasteiger partial charge in [-0.2, -0.15) is 22.7 Å². The number of halogens is 4. The molecule has 1 N–H and O–H groups in total. The average Bonchev–Trinajstić information content (AvgIpc) is 3.03. The lowest BCUT2D eigenvalue weighted by molar-refractivity contribution is -0.144. The molecule has 27 heavy (non-hydrogen) atoms. The molecule has 0 aliphatic carbocycles. The molecule has 10 heteroatoms. The molecule has 3 rings (SSSR count). The molecule has 0 aliphatic heterocycles. The normalized spacial score (nSPS) is 13.1. The van der Waals surface area contributed by atoms with E-state index in [9.17, 15) is 13.2 Å². The van der Waals surface area contributed by atoms with E-state index in [4.69, 9.17) is 16.3 Å². The Hall–Kier alpha value is -2.39. The fourth-order valence-corrected chi connectivity index (χ4v) is 2.77. The van der Waals surface area contributed by atoms with E-state index in [-0.39, 0.29) is 11.8 Å². The summed E-state index contributed by atoms with van der Waals surface area (Å²) in [5, 5.41) is 7.39. The zero-order chi connectivity index (χ0) is 19.6. The van der Waals surface area contributed by atoms with Crippen molar-refractivity contribution in [3.8, 4) is 0 Å². The summed E-state index contributed by atoms with van der Waals surface area (Å²) in [6.45, 7) is 2.14. The van der Waals surface area contributed by atoms with Crippen LogP contribution in [0.25, 0.3) is 5.78 Å². The van der Waals surface area contributed by atoms with Crippen LogP contribution in [0.1, 0.15) is 29.5 Å². The van der Waals surface area contributed by atoms with Gasteiger partial charge in [-0.25, -0.2) is 4.98 Å². The molecule has 0 fully saturated rings. The lowest BCUT2D eigenvalue weighted by Gasteiger charge is -2.20. The maximum Gasteiger partial charge on any atom is 0.453 e. The molecule has 2 aromatic heterocycles. The van der Waals surface area contributed by atoms with Crippen molar-refractivity contribution in [2.45, 2.75) is 25.6 Å². The first-order valence-electron chi connectivity index (χ1n) is 8.10. The Morgan fingerprint density at radius 1 is 1.22 bits per heavy atom. The number of rotatable bonds is 6. The van der Waals surface area contributed by atoms with E-state index in [1.807, 2.05) is 12.1 Å². The molecule has 1 atom stereocenters. The number of aryl methyl sites for hydroxylation is 1. The Balaban J connectivity index is 2.00. The highest BCUT2D eigenvalue weighted by molar-refractivity contribution is 6.30. The zero-order valence-electron chi connectivity index (χ0n) is 14.6. The first-order chi connectivity index (χ1) is 12.8. The number of hydrogen-bond acceptors (Lipinski definition) is 5. The fraction of sp³-hybridized carbons (Fsp3) is 0.353. The summed E-state index contributed by atoms with van der Waals surface area (Å²) in [6.07, 6.45) is -4.06. The predicted octanol–water partition coefficient (Wildman–Crippen LogP) is 4.29. The number of alkyl halides is 3. The Bertz CT molecular complexity index is 927. The van der Waals surface area contributed by atoms with Crippen molar-refractivity contribution < 1.29 is 17.9 Å². The molecule has 0 bridgehead atoms. The standard InChI is InChI=1S/C17H17ClF3N5O/c1-10-9-14(26-16(22-10)24-15(25-26)17(19,20)21)23-13(7-8-27-2)11-3-5-12(18)6-4-11/h3-6,9,13,23H,7-8H2,1-2H3. The van der Waals surface area contributed by atoms with Crippen LogP contribution in [0.15, 0.2) is 30.3 Å². The topological polar surface area (TPSA) is 64.3 Å². The van der Waals surface area contributed by atoms with E-state index in [0.717, 1.165) is 10.1 Å². The van der Waals surface area contributed by atoms with E-state index >= 15 is 0 Å². The van der Waals surface area contributed by atoms with Gasteiger partial charge in [-0.3, -0.25) is 0 Å². The summed E-state index contributed by atoms with van der Waals surface area (Å²) in [6, 6.07) is 8.60. The van der Waals surface area contributed by atoms with Crippen molar-refractivity contribution in [2.24, 2.45) is 0 Å². The molecular formula is C17H17ClF3N5O. The second kappa shape index (κ2) is 7.69. The van der Waals surface area contributed by atoms with Crippen LogP contribution < -0.4 is 5.32 Å². The Morgan fingerprint density at radius 3 is 2.56 bits per heavy atom. The van der Waals surface area contributed by atoms with Crippen molar-refractivity contribution in [1.29, 1.82) is 0 Å². The number of anilines is 1. The summed E-state index contributed by atoms with van der Waals surface area (Å²) < 4.78 is 45.1. The van der Waals surface area contributed by atoms with Crippen molar-refractivity contribution in [1.82, 2.24) is 19.6 Å². The minimum absolute atomic E-state index is 0.119. The molecule has 1 aromatic carbocycles. The molecule has 144 valence electrons. The first kappa shape index (κ1) is 19.4. The molecule has 1 unspecified atom stereocenters. The van der Waals surface area contributed by atoms with E-state index in [1.165, 1.54) is 0 Å². The predicted molar refractivity (Wildman–Crippen MR) is 94.8 cm³/mol. The SMILES string of the molecule is COCCC(Nc1cc(C)nc2nc(C(F)(F)F)nn12)c1ccc(Cl)cc1. The second-order valence-electron chi connectivity index (χ2n) is 5.96. The molecule has 3 aromatic rings. The number of nitrogens with zero attached hydrogens (tertiary/aromatic N) is 4. The number of hydrogen-bond donors (Lipinski definition) is 1. The van der Waals surface area contributed by atoms with Crippen molar-refractivity contribution in [3.05, 3.63) is 52.4 Å². The van der Waals surface area contributed by atoms with Crippen LogP contribution in [0.3, 0.4) is 0 Å². The number of benzene rings is 1. The smallest absolute Gasteiger partial charge is 0.385 e. The van der Waals surface area contributed by atoms with Crippen molar-refractivity contribution in [2.75, 3.05) is 19.0 Å². The van der Waals surface area contributed by atoms with Gasteiger partial charge < -0.3 is 10.1 Å². The minimum atomic E-state index is -4.65. The quantitative estimate of drug-likeness (QED) is 0.669. The van der Waals surface area contributed by atoms with Crippen LogP contribution >= 0.6 is 11.6 Å². The maximum atomic E-state index is 13.0. The molecule has 0 saturated heterocycles. The Labute approximate surface area is 158 Å². The molecule has 0 saturated carbocycles. The number of fused-ring (bicyclic) bond motifs is 1. The molecule has 2 heterocycles. The van der Waals surface area contributed by atoms with Gasteiger partial charge in [-0.15, -0.1) is 5.10 Å². The van der Waals surface area contributed by atoms with E-state index in [0.29, 0.717) is 29.6 Å². The Kier molecular flexibility index (Phi) is 5.52. The summed E-state index contributed by atoms with van der Waals surface area (Å²) in [4.78, 5) is 7.52. The van der Waals surface area contributed by atoms with Gasteiger partial charge in [0.25, 0.3) is 11.6 Å². The van der Waals surface area contributed by atoms with Crippen molar-refractivity contribution in [3.63, 3.8) is 0 Å². The van der Waals surface area contributed by atoms with Gasteiger partial charge in [0.05, 0.1) is 6.04 Å². The lowest BCUT2D eigenvalue weighted by Crippen LogP contribution is -2.16. The highest BCUT2D eigenvalue weighted by Gasteiger charge is 2.37. The molecular weight excluding hydrogens is 383 g/mol. The number of nitrogens with one attached hydrogen (secondary N) is 1. The largest absolute Gasteiger partial charge is 0.453 e. The highest BCUT2D eigenvalue weighted by Crippen LogP contribution is 2.29. The monoisotopic (exact) mass is 399 g/mol. The van der Waals surface area contributed by atoms with E-state index < -0.39 is 12.0 Å². The number of aromatic nitrogens is 4. The average molecular weight is 400 g/mol. The van der Waals surface area contributed by atoms with Crippen LogP contribution in [-0.2, 0) is 10.9 Å². The van der Waals surface area contributed by atoms with Gasteiger partial charge in [-0.1, -0.05) is 23.7 Å². The van der Waals surface area contributed by atoms with Crippen LogP contribution in [0.5, 0.6) is 0 Å². The molecule has 0 amide bonds. The third-order valence-corrected chi connectivity index (χ3v) is 4.15. The summed E-state index contributed by atoms with van der Waals surface area (Å²) in [7, 11) is 1.58. The molecule has 0 spiro atoms. The molecule has 0 aliphatic rings. The van der Waals surface area contributed by atoms with Gasteiger partial charge in [0.2, 0.25) is 0 Å². The van der Waals surface area contributed by atoms with Crippen molar-refractivity contribution >= 4 is 23.2 Å². The maximum absolute atomic E-state index is 13.0. The first-order valence-corrected chi connectivity index (χ1v) is 8.48. The van der Waals surface area contributed by atoms with E-state index in [2.05, 4.69) is 20.4 Å². The Morgan fingerprint density at radius 2 is 1.93 bits per heavy atom. The third kappa shape index (κ3) is 4.48. The zero-order valence-corrected chi connectivity index (χ0v) is 15.3. The number of ether oxygens (including phenoxy) is 1. The van der Waals surface area contributed by atoms with E-state index in [1.54, 1.807) is 32.2 Å². The summed E-state index contributed by atoms with van der Waals surface area (Å²) in [5.74, 6) is -0.994.